The summed E-state index contributed by atoms with van der Waals surface area (Å²) < 4.78 is 35.9. The predicted octanol–water partition coefficient (Wildman–Crippen LogP) is -0.288. The van der Waals surface area contributed by atoms with Crippen molar-refractivity contribution in [3.05, 3.63) is 0 Å². The summed E-state index contributed by atoms with van der Waals surface area (Å²) in [5, 5.41) is 0. The van der Waals surface area contributed by atoms with Crippen LogP contribution in [-0.2, 0) is 0 Å². The van der Waals surface area contributed by atoms with Gasteiger partial charge in [0.05, 0.1) is 0 Å². The van der Waals surface area contributed by atoms with Crippen molar-refractivity contribution in [1.82, 2.24) is 4.90 Å². The molecule has 0 aliphatic carbocycles. The molecule has 0 spiro atoms. The van der Waals surface area contributed by atoms with Crippen LogP contribution in [0.15, 0.2) is 0 Å². The van der Waals surface area contributed by atoms with Crippen molar-refractivity contribution >= 4 is 6.98 Å². The molecule has 1 atom stereocenters. The van der Waals surface area contributed by atoms with Crippen LogP contribution in [0.2, 0.25) is 6.32 Å². The molecule has 0 N–H and O–H groups in total. The third-order valence-corrected chi connectivity index (χ3v) is 2.68. The van der Waals surface area contributed by atoms with Gasteiger partial charge in [-0.25, -0.2) is 0 Å². The summed E-state index contributed by atoms with van der Waals surface area (Å²) >= 11 is 0. The van der Waals surface area contributed by atoms with Crippen LogP contribution in [-0.4, -0.2) is 31.0 Å². The Morgan fingerprint density at radius 3 is 2.43 bits per heavy atom. The maximum absolute atomic E-state index is 12.0. The van der Waals surface area contributed by atoms with Gasteiger partial charge in [0.1, 0.15) is 0 Å². The second kappa shape index (κ2) is 6.91. The minimum Gasteiger partial charge on any atom is -0.449 e. The van der Waals surface area contributed by atoms with Gasteiger partial charge in [0.25, 0.3) is 0 Å². The van der Waals surface area contributed by atoms with Crippen LogP contribution >= 0.6 is 0 Å². The Morgan fingerprint density at radius 1 is 1.29 bits per heavy atom. The van der Waals surface area contributed by atoms with Crippen molar-refractivity contribution in [2.75, 3.05) is 13.1 Å². The molecule has 0 unspecified atom stereocenters. The zero-order chi connectivity index (χ0) is 9.90. The van der Waals surface area contributed by atoms with E-state index in [1.165, 1.54) is 0 Å². The number of rotatable bonds is 3. The Labute approximate surface area is 126 Å². The molecule has 1 saturated heterocycles. The van der Waals surface area contributed by atoms with Crippen LogP contribution < -0.4 is 51.4 Å². The van der Waals surface area contributed by atoms with Crippen LogP contribution in [0.25, 0.3) is 0 Å². The van der Waals surface area contributed by atoms with E-state index in [2.05, 4.69) is 0 Å². The molecule has 1 nitrogen and oxygen atoms in total. The van der Waals surface area contributed by atoms with Gasteiger partial charge < -0.3 is 17.8 Å². The van der Waals surface area contributed by atoms with Crippen LogP contribution in [0.5, 0.6) is 0 Å². The molecule has 78 valence electrons. The summed E-state index contributed by atoms with van der Waals surface area (Å²) in [5.74, 6) is 0. The van der Waals surface area contributed by atoms with Crippen LogP contribution in [0, 0.1) is 0 Å². The zero-order valence-electron chi connectivity index (χ0n) is 8.98. The standard InChI is InChI=1S/C8H16BF3N.K/c1-8-4-2-3-6-13(8)7-5-9(10,11)12;/h8H,2-7H2,1H3;/q-1;+1/t8-;/m0./s1. The van der Waals surface area contributed by atoms with E-state index in [1.807, 2.05) is 11.8 Å². The van der Waals surface area contributed by atoms with E-state index >= 15 is 0 Å². The summed E-state index contributed by atoms with van der Waals surface area (Å²) in [5.41, 5.74) is 0. The maximum atomic E-state index is 12.0. The normalized spacial score (nSPS) is 24.4. The summed E-state index contributed by atoms with van der Waals surface area (Å²) in [6.07, 6.45) is 2.65. The molecule has 0 aromatic heterocycles. The number of halogens is 3. The van der Waals surface area contributed by atoms with Crippen molar-refractivity contribution in [1.29, 1.82) is 0 Å². The molecule has 0 aromatic carbocycles. The van der Waals surface area contributed by atoms with E-state index in [1.54, 1.807) is 0 Å². The molecule has 6 heteroatoms. The first-order valence-corrected chi connectivity index (χ1v) is 4.94. The summed E-state index contributed by atoms with van der Waals surface area (Å²) in [6.45, 7) is -1.54. The fourth-order valence-electron chi connectivity index (χ4n) is 1.80. The van der Waals surface area contributed by atoms with Crippen LogP contribution in [0.4, 0.5) is 12.9 Å². The van der Waals surface area contributed by atoms with Crippen LogP contribution in [0.3, 0.4) is 0 Å². The molecule has 14 heavy (non-hydrogen) atoms. The smallest absolute Gasteiger partial charge is 0.449 e. The maximum Gasteiger partial charge on any atom is 1.00 e. The Hall–Kier alpha value is 1.45. The van der Waals surface area contributed by atoms with Gasteiger partial charge in [-0.1, -0.05) is 12.7 Å². The third kappa shape index (κ3) is 6.13. The Bertz CT molecular complexity index is 165. The second-order valence-electron chi connectivity index (χ2n) is 3.88. The fourth-order valence-corrected chi connectivity index (χ4v) is 1.80. The molecule has 0 bridgehead atoms. The third-order valence-electron chi connectivity index (χ3n) is 2.68. The second-order valence-corrected chi connectivity index (χ2v) is 3.88. The molecule has 0 radical (unpaired) electrons. The van der Waals surface area contributed by atoms with E-state index in [-0.39, 0.29) is 57.9 Å². The quantitative estimate of drug-likeness (QED) is 0.606. The molecular weight excluding hydrogens is 217 g/mol. The van der Waals surface area contributed by atoms with E-state index in [0.717, 1.165) is 25.8 Å². The monoisotopic (exact) mass is 233 g/mol. The molecule has 1 aliphatic rings. The molecule has 1 heterocycles. The summed E-state index contributed by atoms with van der Waals surface area (Å²) in [6, 6.07) is 0.340. The van der Waals surface area contributed by atoms with Crippen molar-refractivity contribution < 1.29 is 64.3 Å². The minimum absolute atomic E-state index is 0. The van der Waals surface area contributed by atoms with Gasteiger partial charge in [0, 0.05) is 6.04 Å². The van der Waals surface area contributed by atoms with Crippen molar-refractivity contribution in [3.63, 3.8) is 0 Å². The van der Waals surface area contributed by atoms with E-state index in [4.69, 9.17) is 0 Å². The Morgan fingerprint density at radius 2 is 1.93 bits per heavy atom. The Balaban J connectivity index is 0.00000169. The molecule has 1 rings (SSSR count). The van der Waals surface area contributed by atoms with Gasteiger partial charge in [-0.05, 0) is 32.9 Å². The average Bonchev–Trinajstić information content (AvgIpc) is 2.01. The van der Waals surface area contributed by atoms with Gasteiger partial charge in [-0.3, -0.25) is 0 Å². The largest absolute Gasteiger partial charge is 1.00 e. The van der Waals surface area contributed by atoms with Crippen molar-refractivity contribution in [2.45, 2.75) is 38.5 Å². The van der Waals surface area contributed by atoms with E-state index in [0.29, 0.717) is 6.04 Å². The number of likely N-dealkylation sites (tertiary alicyclic amines) is 1. The average molecular weight is 233 g/mol. The molecule has 0 amide bonds. The van der Waals surface area contributed by atoms with Gasteiger partial charge in [0.2, 0.25) is 0 Å². The first kappa shape index (κ1) is 15.5. The topological polar surface area (TPSA) is 3.24 Å². The number of piperidine rings is 1. The number of nitrogens with zero attached hydrogens (tertiary/aromatic N) is 1. The van der Waals surface area contributed by atoms with Gasteiger partial charge in [-0.2, -0.15) is 0 Å². The van der Waals surface area contributed by atoms with E-state index in [9.17, 15) is 12.9 Å². The van der Waals surface area contributed by atoms with Crippen LogP contribution in [0.1, 0.15) is 26.2 Å². The van der Waals surface area contributed by atoms with Gasteiger partial charge in [-0.15, -0.1) is 0 Å². The fraction of sp³-hybridized carbons (Fsp3) is 1.00. The van der Waals surface area contributed by atoms with Crippen molar-refractivity contribution in [2.24, 2.45) is 0 Å². The molecule has 0 aromatic rings. The summed E-state index contributed by atoms with van der Waals surface area (Å²) in [4.78, 5) is 1.96. The van der Waals surface area contributed by atoms with Crippen molar-refractivity contribution in [3.8, 4) is 0 Å². The van der Waals surface area contributed by atoms with Gasteiger partial charge >= 0.3 is 58.4 Å². The first-order valence-electron chi connectivity index (χ1n) is 4.94. The summed E-state index contributed by atoms with van der Waals surface area (Å²) in [7, 11) is 0. The molecule has 1 aliphatic heterocycles. The first-order chi connectivity index (χ1) is 5.99. The van der Waals surface area contributed by atoms with Gasteiger partial charge in [0.15, 0.2) is 0 Å². The predicted molar refractivity (Wildman–Crippen MR) is 48.8 cm³/mol. The number of hydrogen-bond acceptors (Lipinski definition) is 1. The molecule has 0 saturated carbocycles. The molecule has 1 fully saturated rings. The minimum atomic E-state index is -4.59. The zero-order valence-corrected chi connectivity index (χ0v) is 12.1. The number of hydrogen-bond donors (Lipinski definition) is 0. The SMILES string of the molecule is C[C@H]1CCCCN1CC[B-](F)(F)F.[K+]. The Kier molecular flexibility index (Phi) is 7.63. The molecular formula is C8H16BF3KN. The van der Waals surface area contributed by atoms with E-state index < -0.39 is 13.3 Å².